The lowest BCUT2D eigenvalue weighted by atomic mass is 10.1. The van der Waals surface area contributed by atoms with Gasteiger partial charge in [0.2, 0.25) is 5.95 Å². The number of nitrogens with zero attached hydrogens (tertiary/aromatic N) is 6. The first-order chi connectivity index (χ1) is 14.8. The number of nitrogens with one attached hydrogen (secondary N) is 2. The average Bonchev–Trinajstić information content (AvgIpc) is 3.17. The van der Waals surface area contributed by atoms with Crippen LogP contribution in [-0.2, 0) is 0 Å². The smallest absolute Gasteiger partial charge is 0.255 e. The summed E-state index contributed by atoms with van der Waals surface area (Å²) in [5, 5.41) is 15.2. The molecule has 0 radical (unpaired) electrons. The molecule has 11 heteroatoms. The number of fused-ring (bicyclic) bond motifs is 1. The minimum absolute atomic E-state index is 0.00138. The normalized spacial score (nSPS) is 15.7. The van der Waals surface area contributed by atoms with Gasteiger partial charge in [0.15, 0.2) is 5.65 Å². The third-order valence-corrected chi connectivity index (χ3v) is 5.08. The Morgan fingerprint density at radius 3 is 2.71 bits per heavy atom. The maximum Gasteiger partial charge on any atom is 0.255 e. The van der Waals surface area contributed by atoms with Crippen molar-refractivity contribution in [1.82, 2.24) is 24.5 Å². The number of carbonyl (C=O) groups excluding carboxylic acids is 1. The van der Waals surface area contributed by atoms with E-state index in [0.29, 0.717) is 28.7 Å². The average molecular weight is 428 g/mol. The summed E-state index contributed by atoms with van der Waals surface area (Å²) < 4.78 is 28.4. The summed E-state index contributed by atoms with van der Waals surface area (Å²) in [5.74, 6) is -2.11. The zero-order valence-electron chi connectivity index (χ0n) is 17.1. The van der Waals surface area contributed by atoms with Crippen LogP contribution in [0.15, 0.2) is 30.6 Å². The summed E-state index contributed by atoms with van der Waals surface area (Å²) in [6.07, 6.45) is 3.54. The number of aromatic nitrogens is 4. The second-order valence-electron chi connectivity index (χ2n) is 7.61. The minimum atomic E-state index is -2.72. The van der Waals surface area contributed by atoms with Crippen LogP contribution in [0.3, 0.4) is 0 Å². The van der Waals surface area contributed by atoms with Gasteiger partial charge in [-0.25, -0.2) is 18.3 Å². The number of piperidine rings is 1. The maximum atomic E-state index is 13.4. The molecule has 1 aliphatic heterocycles. The molecule has 4 rings (SSSR count). The second-order valence-corrected chi connectivity index (χ2v) is 7.61. The number of hydrogen-bond donors (Lipinski definition) is 2. The summed E-state index contributed by atoms with van der Waals surface area (Å²) in [5.41, 5.74) is 2.02. The van der Waals surface area contributed by atoms with Gasteiger partial charge in [-0.2, -0.15) is 4.98 Å². The van der Waals surface area contributed by atoms with E-state index in [1.165, 1.54) is 17.2 Å². The Morgan fingerprint density at radius 1 is 1.29 bits per heavy atom. The third kappa shape index (κ3) is 4.30. The van der Waals surface area contributed by atoms with Gasteiger partial charge in [-0.15, -0.1) is 5.10 Å². The fourth-order valence-electron chi connectivity index (χ4n) is 3.30. The number of carbonyl (C=O) groups is 1. The number of halogens is 2. The van der Waals surface area contributed by atoms with E-state index in [-0.39, 0.29) is 37.4 Å². The molecule has 0 unspecified atom stereocenters. The molecule has 0 aromatic carbocycles. The highest BCUT2D eigenvalue weighted by Gasteiger charge is 2.35. The molecule has 0 atom stereocenters. The van der Waals surface area contributed by atoms with Crippen LogP contribution in [0.4, 0.5) is 26.2 Å². The van der Waals surface area contributed by atoms with Gasteiger partial charge in [0.1, 0.15) is 5.82 Å². The number of pyridine rings is 2. The Hall–Kier alpha value is -3.63. The van der Waals surface area contributed by atoms with Crippen LogP contribution in [0, 0.1) is 5.41 Å². The molecule has 0 bridgehead atoms. The van der Waals surface area contributed by atoms with Gasteiger partial charge in [-0.05, 0) is 18.2 Å². The van der Waals surface area contributed by atoms with E-state index in [2.05, 4.69) is 20.4 Å². The van der Waals surface area contributed by atoms with Gasteiger partial charge in [0.05, 0.1) is 17.4 Å². The van der Waals surface area contributed by atoms with Gasteiger partial charge >= 0.3 is 0 Å². The van der Waals surface area contributed by atoms with E-state index in [0.717, 1.165) is 6.21 Å². The Bertz CT molecular complexity index is 1130. The minimum Gasteiger partial charge on any atom is -0.346 e. The van der Waals surface area contributed by atoms with Crippen molar-refractivity contribution in [2.24, 2.45) is 0 Å². The lowest BCUT2D eigenvalue weighted by molar-refractivity contribution is -0.0494. The Labute approximate surface area is 177 Å². The van der Waals surface area contributed by atoms with Gasteiger partial charge < -0.3 is 20.5 Å². The predicted octanol–water partition coefficient (Wildman–Crippen LogP) is 2.80. The summed E-state index contributed by atoms with van der Waals surface area (Å²) in [6.45, 7) is -0.00275. The molecule has 0 spiro atoms. The molecule has 9 nitrogen and oxygen atoms in total. The highest BCUT2D eigenvalue weighted by atomic mass is 19.3. The van der Waals surface area contributed by atoms with Crippen molar-refractivity contribution in [2.75, 3.05) is 37.4 Å². The first-order valence-electron chi connectivity index (χ1n) is 9.74. The van der Waals surface area contributed by atoms with Crippen LogP contribution in [0.5, 0.6) is 0 Å². The quantitative estimate of drug-likeness (QED) is 0.606. The van der Waals surface area contributed by atoms with Crippen LogP contribution in [0.2, 0.25) is 0 Å². The Balaban J connectivity index is 1.54. The zero-order chi connectivity index (χ0) is 22.2. The highest BCUT2D eigenvalue weighted by Crippen LogP contribution is 2.28. The van der Waals surface area contributed by atoms with Crippen LogP contribution < -0.4 is 10.2 Å². The molecule has 1 amide bonds. The van der Waals surface area contributed by atoms with Crippen molar-refractivity contribution < 1.29 is 13.6 Å². The Morgan fingerprint density at radius 2 is 2.03 bits per heavy atom. The number of likely N-dealkylation sites (tertiary alicyclic amines) is 1. The van der Waals surface area contributed by atoms with Gasteiger partial charge in [-0.1, -0.05) is 0 Å². The summed E-state index contributed by atoms with van der Waals surface area (Å²) >= 11 is 0. The lowest BCUT2D eigenvalue weighted by Gasteiger charge is -2.31. The van der Waals surface area contributed by atoms with E-state index >= 15 is 0 Å². The van der Waals surface area contributed by atoms with E-state index in [1.54, 1.807) is 21.7 Å². The summed E-state index contributed by atoms with van der Waals surface area (Å²) in [4.78, 5) is 24.6. The van der Waals surface area contributed by atoms with Gasteiger partial charge in [0, 0.05) is 58.0 Å². The van der Waals surface area contributed by atoms with Crippen LogP contribution in [0.1, 0.15) is 28.8 Å². The standard InChI is InChI=1S/C20H22F2N8O/c1-28(2)19-26-16-4-3-15(12-30(16)27-19)25-17-13(10-23)9-14(11-24-17)18(31)29-7-5-20(21,22)6-8-29/h3-4,9-12,23H,5-8H2,1-2H3,(H,24,25). The number of anilines is 3. The zero-order valence-corrected chi connectivity index (χ0v) is 17.1. The first kappa shape index (κ1) is 20.6. The fourth-order valence-corrected chi connectivity index (χ4v) is 3.30. The number of hydrogen-bond acceptors (Lipinski definition) is 7. The molecule has 4 heterocycles. The SMILES string of the molecule is CN(C)c1nc2ccc(Nc3ncc(C(=O)N4CCC(F)(F)CC4)cc3C=N)cn2n1. The maximum absolute atomic E-state index is 13.4. The lowest BCUT2D eigenvalue weighted by Crippen LogP contribution is -2.42. The van der Waals surface area contributed by atoms with Crippen LogP contribution >= 0.6 is 0 Å². The van der Waals surface area contributed by atoms with Crippen LogP contribution in [-0.4, -0.2) is 69.7 Å². The molecule has 3 aromatic heterocycles. The number of rotatable bonds is 5. The van der Waals surface area contributed by atoms with Crippen molar-refractivity contribution in [1.29, 1.82) is 5.41 Å². The van der Waals surface area contributed by atoms with Crippen LogP contribution in [0.25, 0.3) is 5.65 Å². The topological polar surface area (TPSA) is 103 Å². The molecule has 2 N–H and O–H groups in total. The van der Waals surface area contributed by atoms with Crippen molar-refractivity contribution in [3.05, 3.63) is 41.7 Å². The molecular formula is C20H22F2N8O. The van der Waals surface area contributed by atoms with E-state index in [1.807, 2.05) is 20.2 Å². The monoisotopic (exact) mass is 428 g/mol. The third-order valence-electron chi connectivity index (χ3n) is 5.08. The fraction of sp³-hybridized carbons (Fsp3) is 0.350. The highest BCUT2D eigenvalue weighted by molar-refractivity contribution is 5.97. The van der Waals surface area contributed by atoms with Crippen molar-refractivity contribution in [2.45, 2.75) is 18.8 Å². The second kappa shape index (κ2) is 7.89. The molecule has 1 fully saturated rings. The van der Waals surface area contributed by atoms with Crippen molar-refractivity contribution >= 4 is 35.2 Å². The number of alkyl halides is 2. The molecule has 1 aliphatic rings. The van der Waals surface area contributed by atoms with E-state index in [4.69, 9.17) is 5.41 Å². The van der Waals surface area contributed by atoms with E-state index < -0.39 is 5.92 Å². The van der Waals surface area contributed by atoms with Gasteiger partial charge in [0.25, 0.3) is 11.8 Å². The van der Waals surface area contributed by atoms with Gasteiger partial charge in [-0.3, -0.25) is 4.79 Å². The molecule has 162 valence electrons. The van der Waals surface area contributed by atoms with E-state index in [9.17, 15) is 13.6 Å². The first-order valence-corrected chi connectivity index (χ1v) is 9.74. The van der Waals surface area contributed by atoms with Crippen molar-refractivity contribution in [3.8, 4) is 0 Å². The largest absolute Gasteiger partial charge is 0.346 e. The molecule has 31 heavy (non-hydrogen) atoms. The molecule has 0 aliphatic carbocycles. The molecule has 3 aromatic rings. The Kier molecular flexibility index (Phi) is 5.25. The number of amides is 1. The summed E-state index contributed by atoms with van der Waals surface area (Å²) in [7, 11) is 3.71. The molecule has 0 saturated carbocycles. The predicted molar refractivity (Wildman–Crippen MR) is 113 cm³/mol. The molecular weight excluding hydrogens is 406 g/mol. The molecule has 1 saturated heterocycles. The van der Waals surface area contributed by atoms with Crippen molar-refractivity contribution in [3.63, 3.8) is 0 Å². The summed E-state index contributed by atoms with van der Waals surface area (Å²) in [6, 6.07) is 5.15.